The van der Waals surface area contributed by atoms with Crippen LogP contribution in [0.2, 0.25) is 0 Å². The molecule has 304 valence electrons. The van der Waals surface area contributed by atoms with Crippen molar-refractivity contribution in [3.8, 4) is 0 Å². The topological polar surface area (TPSA) is 142 Å². The van der Waals surface area contributed by atoms with E-state index in [-0.39, 0.29) is 53.5 Å². The van der Waals surface area contributed by atoms with Gasteiger partial charge in [0.2, 0.25) is 11.7 Å². The summed E-state index contributed by atoms with van der Waals surface area (Å²) in [4.78, 5) is 82.4. The number of amides is 4. The summed E-state index contributed by atoms with van der Waals surface area (Å²) in [6, 6.07) is 30.3. The zero-order valence-electron chi connectivity index (χ0n) is 32.4. The zero-order chi connectivity index (χ0) is 42.5. The highest BCUT2D eigenvalue weighted by molar-refractivity contribution is 8.02. The third kappa shape index (κ3) is 9.03. The number of hydrogen-bond acceptors (Lipinski definition) is 8. The van der Waals surface area contributed by atoms with E-state index in [0.29, 0.717) is 46.0 Å². The molecular formula is C46H38F2N4O7S. The van der Waals surface area contributed by atoms with E-state index in [2.05, 4.69) is 10.6 Å². The number of allylic oxidation sites excluding steroid dienone is 4. The standard InChI is InChI=1S/C23H19FN2O4.C23H19FN2O3S/c2*1-14-19-12-20(22(28)25-13-16-5-3-2-4-6-16)30-26(19)23(29)18(21(14)27)11-15-7-9-17(24)10-8-15/h2*2-10,12,18H,11,13H2,1H3,(H,25,28). The molecule has 0 saturated carbocycles. The Morgan fingerprint density at radius 3 is 1.58 bits per heavy atom. The summed E-state index contributed by atoms with van der Waals surface area (Å²) in [6.07, 6.45) is 3.30. The average molecular weight is 829 g/mol. The van der Waals surface area contributed by atoms with Gasteiger partial charge in [-0.1, -0.05) is 84.9 Å². The molecule has 0 spiro atoms. The van der Waals surface area contributed by atoms with Crippen LogP contribution in [0.1, 0.15) is 36.1 Å². The lowest BCUT2D eigenvalue weighted by Gasteiger charge is -2.29. The Morgan fingerprint density at radius 1 is 0.600 bits per heavy atom. The van der Waals surface area contributed by atoms with E-state index in [4.69, 9.17) is 4.84 Å². The fourth-order valence-electron chi connectivity index (χ4n) is 6.86. The maximum atomic E-state index is 13.1. The molecule has 4 aromatic rings. The summed E-state index contributed by atoms with van der Waals surface area (Å²) in [5.41, 5.74) is 4.76. The minimum Gasteiger partial charge on any atom is -0.366 e. The summed E-state index contributed by atoms with van der Waals surface area (Å²) in [5, 5.41) is 6.58. The van der Waals surface area contributed by atoms with Gasteiger partial charge >= 0.3 is 0 Å². The number of carbonyl (C=O) groups is 6. The van der Waals surface area contributed by atoms with Crippen LogP contribution in [-0.4, -0.2) is 44.6 Å². The molecule has 2 N–H and O–H groups in total. The van der Waals surface area contributed by atoms with Crippen LogP contribution < -0.4 is 10.6 Å². The number of benzene rings is 4. The Bertz CT molecular complexity index is 2330. The van der Waals surface area contributed by atoms with Gasteiger partial charge in [-0.15, -0.1) is 5.06 Å². The van der Waals surface area contributed by atoms with Crippen molar-refractivity contribution in [2.75, 3.05) is 0 Å². The van der Waals surface area contributed by atoms with Crippen LogP contribution >= 0.6 is 11.9 Å². The molecule has 4 heterocycles. The molecule has 4 aliphatic rings. The number of hydrogen-bond donors (Lipinski definition) is 2. The first-order chi connectivity index (χ1) is 28.9. The van der Waals surface area contributed by atoms with Crippen LogP contribution in [0.4, 0.5) is 8.78 Å². The number of hydroxylamine groups is 2. The lowest BCUT2D eigenvalue weighted by molar-refractivity contribution is -0.168. The van der Waals surface area contributed by atoms with E-state index in [1.807, 2.05) is 60.7 Å². The highest BCUT2D eigenvalue weighted by Crippen LogP contribution is 2.42. The molecule has 8 rings (SSSR count). The number of Topliss-reactive ketones (excluding diaryl/α,β-unsaturated/α-hetero) is 2. The molecular weight excluding hydrogens is 791 g/mol. The van der Waals surface area contributed by atoms with Crippen molar-refractivity contribution in [3.63, 3.8) is 0 Å². The Kier molecular flexibility index (Phi) is 12.3. The van der Waals surface area contributed by atoms with Gasteiger partial charge in [-0.2, -0.15) is 0 Å². The maximum Gasteiger partial charge on any atom is 0.290 e. The number of nitrogens with one attached hydrogen (secondary N) is 2. The van der Waals surface area contributed by atoms with E-state index < -0.39 is 29.5 Å². The average Bonchev–Trinajstić information content (AvgIpc) is 3.93. The zero-order valence-corrected chi connectivity index (χ0v) is 33.3. The minimum atomic E-state index is -0.987. The van der Waals surface area contributed by atoms with Gasteiger partial charge < -0.3 is 15.5 Å². The Balaban J connectivity index is 0.000000181. The van der Waals surface area contributed by atoms with E-state index in [0.717, 1.165) is 28.1 Å². The van der Waals surface area contributed by atoms with Crippen molar-refractivity contribution in [1.82, 2.24) is 20.0 Å². The van der Waals surface area contributed by atoms with Crippen molar-refractivity contribution >= 4 is 47.1 Å². The van der Waals surface area contributed by atoms with Gasteiger partial charge in [0.25, 0.3) is 17.7 Å². The van der Waals surface area contributed by atoms with Gasteiger partial charge in [0.15, 0.2) is 11.6 Å². The summed E-state index contributed by atoms with van der Waals surface area (Å²) < 4.78 is 27.7. The first kappa shape index (κ1) is 41.2. The van der Waals surface area contributed by atoms with Crippen molar-refractivity contribution in [1.29, 1.82) is 0 Å². The lowest BCUT2D eigenvalue weighted by Crippen LogP contribution is -2.43. The SMILES string of the molecule is CC1=C2C=C(C(=O)NCc3ccccc3)ON2C(=O)C(Cc2ccc(F)cc2)C1=O.CC1=C2C=C(C(=O)NCc3ccccc3)SN2C(=O)C(Cc2ccc(F)cc2)C1=O. The van der Waals surface area contributed by atoms with Crippen molar-refractivity contribution in [2.45, 2.75) is 39.8 Å². The second-order valence-corrected chi connectivity index (χ2v) is 15.3. The second-order valence-electron chi connectivity index (χ2n) is 14.3. The highest BCUT2D eigenvalue weighted by atomic mass is 32.2. The molecule has 4 aliphatic heterocycles. The molecule has 0 saturated heterocycles. The van der Waals surface area contributed by atoms with Crippen molar-refractivity contribution in [3.05, 3.63) is 188 Å². The molecule has 2 unspecified atom stereocenters. The second kappa shape index (κ2) is 17.9. The van der Waals surface area contributed by atoms with Gasteiger partial charge in [-0.3, -0.25) is 28.8 Å². The largest absolute Gasteiger partial charge is 0.366 e. The van der Waals surface area contributed by atoms with E-state index in [1.54, 1.807) is 32.1 Å². The molecule has 14 heteroatoms. The molecule has 2 atom stereocenters. The van der Waals surface area contributed by atoms with Crippen LogP contribution in [0.5, 0.6) is 0 Å². The van der Waals surface area contributed by atoms with Crippen LogP contribution in [0.25, 0.3) is 0 Å². The van der Waals surface area contributed by atoms with Gasteiger partial charge in [-0.05, 0) is 79.3 Å². The monoisotopic (exact) mass is 828 g/mol. The smallest absolute Gasteiger partial charge is 0.290 e. The quantitative estimate of drug-likeness (QED) is 0.139. The number of fused-ring (bicyclic) bond motifs is 2. The van der Waals surface area contributed by atoms with Gasteiger partial charge in [0.05, 0.1) is 16.3 Å². The van der Waals surface area contributed by atoms with Crippen LogP contribution in [-0.2, 0) is 59.5 Å². The number of halogens is 2. The summed E-state index contributed by atoms with van der Waals surface area (Å²) in [6.45, 7) is 3.93. The van der Waals surface area contributed by atoms with Crippen molar-refractivity contribution in [2.24, 2.45) is 11.8 Å². The van der Waals surface area contributed by atoms with Crippen LogP contribution in [0.3, 0.4) is 0 Å². The molecule has 0 bridgehead atoms. The molecule has 0 fully saturated rings. The van der Waals surface area contributed by atoms with Crippen LogP contribution in [0, 0.1) is 23.5 Å². The number of carbonyl (C=O) groups excluding carboxylic acids is 6. The van der Waals surface area contributed by atoms with Crippen LogP contribution in [0.15, 0.2) is 155 Å². The fraction of sp³-hybridized carbons (Fsp3) is 0.174. The molecule has 60 heavy (non-hydrogen) atoms. The minimum absolute atomic E-state index is 0.0520. The summed E-state index contributed by atoms with van der Waals surface area (Å²) in [7, 11) is 0. The summed E-state index contributed by atoms with van der Waals surface area (Å²) in [5.74, 6) is -4.97. The number of nitrogens with zero attached hydrogens (tertiary/aromatic N) is 2. The molecule has 4 aromatic carbocycles. The summed E-state index contributed by atoms with van der Waals surface area (Å²) >= 11 is 1.03. The third-order valence-corrected chi connectivity index (χ3v) is 11.3. The lowest BCUT2D eigenvalue weighted by atomic mass is 9.87. The normalized spacial score (nSPS) is 18.3. The third-order valence-electron chi connectivity index (χ3n) is 10.2. The van der Waals surface area contributed by atoms with E-state index in [9.17, 15) is 37.5 Å². The first-order valence-corrected chi connectivity index (χ1v) is 19.8. The number of rotatable bonds is 10. The maximum absolute atomic E-state index is 13.1. The predicted molar refractivity (Wildman–Crippen MR) is 218 cm³/mol. The number of ketones is 2. The fourth-order valence-corrected chi connectivity index (χ4v) is 7.88. The molecule has 0 aromatic heterocycles. The Labute approximate surface area is 348 Å². The Morgan fingerprint density at radius 2 is 1.07 bits per heavy atom. The highest BCUT2D eigenvalue weighted by Gasteiger charge is 2.45. The molecule has 11 nitrogen and oxygen atoms in total. The molecule has 4 amide bonds. The Hall–Kier alpha value is -6.93. The predicted octanol–water partition coefficient (Wildman–Crippen LogP) is 6.35. The van der Waals surface area contributed by atoms with E-state index >= 15 is 0 Å². The van der Waals surface area contributed by atoms with Gasteiger partial charge in [0.1, 0.15) is 23.5 Å². The van der Waals surface area contributed by atoms with E-state index in [1.165, 1.54) is 46.8 Å². The van der Waals surface area contributed by atoms with Crippen molar-refractivity contribution < 1.29 is 42.4 Å². The van der Waals surface area contributed by atoms with Gasteiger partial charge in [-0.25, -0.2) is 13.1 Å². The first-order valence-electron chi connectivity index (χ1n) is 19.0. The van der Waals surface area contributed by atoms with Gasteiger partial charge in [0, 0.05) is 42.3 Å². The molecule has 0 radical (unpaired) electrons. The molecule has 0 aliphatic carbocycles.